The van der Waals surface area contributed by atoms with Crippen molar-refractivity contribution in [2.75, 3.05) is 7.05 Å². The van der Waals surface area contributed by atoms with E-state index in [9.17, 15) is 4.79 Å². The number of nitrogens with one attached hydrogen (secondary N) is 1. The lowest BCUT2D eigenvalue weighted by Crippen LogP contribution is -2.25. The Morgan fingerprint density at radius 1 is 1.27 bits per heavy atom. The molecule has 0 fully saturated rings. The highest BCUT2D eigenvalue weighted by Crippen LogP contribution is 2.13. The zero-order valence-corrected chi connectivity index (χ0v) is 12.3. The summed E-state index contributed by atoms with van der Waals surface area (Å²) in [5, 5.41) is 14.2. The number of hydrogen-bond acceptors (Lipinski definition) is 5. The number of fused-ring (bicyclic) bond motifs is 1. The maximum Gasteiger partial charge on any atom is 0.222 e. The second-order valence-electron chi connectivity index (χ2n) is 5.30. The molecule has 3 aromatic rings. The normalized spacial score (nSPS) is 11.0. The number of aryl methyl sites for hydroxylation is 1. The van der Waals surface area contributed by atoms with Gasteiger partial charge >= 0.3 is 0 Å². The van der Waals surface area contributed by atoms with Crippen molar-refractivity contribution in [2.45, 2.75) is 25.8 Å². The third kappa shape index (κ3) is 3.30. The van der Waals surface area contributed by atoms with Gasteiger partial charge in [0.15, 0.2) is 0 Å². The molecule has 114 valence electrons. The Bertz CT molecular complexity index is 750. The monoisotopic (exact) mass is 299 g/mol. The molecule has 1 N–H and O–H groups in total. The second-order valence-corrected chi connectivity index (χ2v) is 5.30. The van der Waals surface area contributed by atoms with Crippen molar-refractivity contribution in [3.8, 4) is 0 Å². The second kappa shape index (κ2) is 6.38. The molecule has 0 saturated heterocycles. The van der Waals surface area contributed by atoms with Crippen LogP contribution in [0.2, 0.25) is 0 Å². The molecule has 0 radical (unpaired) electrons. The van der Waals surface area contributed by atoms with E-state index in [1.165, 1.54) is 0 Å². The van der Waals surface area contributed by atoms with E-state index in [0.29, 0.717) is 18.5 Å². The molecular formula is C15H17N5O2. The lowest BCUT2D eigenvalue weighted by molar-refractivity contribution is -0.130. The Labute approximate surface area is 127 Å². The van der Waals surface area contributed by atoms with Crippen LogP contribution in [0.5, 0.6) is 0 Å². The van der Waals surface area contributed by atoms with Gasteiger partial charge in [0.1, 0.15) is 11.0 Å². The molecule has 7 heteroatoms. The van der Waals surface area contributed by atoms with Gasteiger partial charge in [-0.25, -0.2) is 4.63 Å². The zero-order chi connectivity index (χ0) is 15.4. The lowest BCUT2D eigenvalue weighted by atomic mass is 10.1. The minimum absolute atomic E-state index is 0.127. The minimum atomic E-state index is 0.127. The molecule has 0 atom stereocenters. The van der Waals surface area contributed by atoms with Crippen LogP contribution in [0.15, 0.2) is 35.2 Å². The van der Waals surface area contributed by atoms with Crippen LogP contribution in [-0.2, 0) is 17.8 Å². The molecule has 0 bridgehead atoms. The highest BCUT2D eigenvalue weighted by molar-refractivity contribution is 5.76. The van der Waals surface area contributed by atoms with Crippen molar-refractivity contribution in [1.29, 1.82) is 0 Å². The maximum absolute atomic E-state index is 12.1. The summed E-state index contributed by atoms with van der Waals surface area (Å²) in [5.74, 6) is 0.127. The number of benzene rings is 1. The Kier molecular flexibility index (Phi) is 4.13. The smallest absolute Gasteiger partial charge is 0.222 e. The SMILES string of the molecule is CN(Cc1ccc2nonc2c1)C(=O)CCCc1cn[nH]c1. The highest BCUT2D eigenvalue weighted by atomic mass is 16.6. The largest absolute Gasteiger partial charge is 0.341 e. The summed E-state index contributed by atoms with van der Waals surface area (Å²) in [7, 11) is 1.81. The van der Waals surface area contributed by atoms with Gasteiger partial charge in [-0.3, -0.25) is 9.89 Å². The first kappa shape index (κ1) is 14.2. The molecule has 0 saturated carbocycles. The molecule has 2 aromatic heterocycles. The van der Waals surface area contributed by atoms with Gasteiger partial charge < -0.3 is 4.90 Å². The molecule has 1 aromatic carbocycles. The van der Waals surface area contributed by atoms with Crippen LogP contribution in [0, 0.1) is 0 Å². The van der Waals surface area contributed by atoms with Crippen molar-refractivity contribution in [3.05, 3.63) is 41.7 Å². The molecule has 0 spiro atoms. The highest BCUT2D eigenvalue weighted by Gasteiger charge is 2.10. The van der Waals surface area contributed by atoms with E-state index in [2.05, 4.69) is 25.1 Å². The number of nitrogens with zero attached hydrogens (tertiary/aromatic N) is 4. The van der Waals surface area contributed by atoms with Crippen LogP contribution < -0.4 is 0 Å². The molecule has 2 heterocycles. The first-order valence-corrected chi connectivity index (χ1v) is 7.15. The van der Waals surface area contributed by atoms with Gasteiger partial charge in [-0.05, 0) is 46.4 Å². The van der Waals surface area contributed by atoms with Crippen molar-refractivity contribution in [2.24, 2.45) is 0 Å². The summed E-state index contributed by atoms with van der Waals surface area (Å²) in [4.78, 5) is 13.9. The van der Waals surface area contributed by atoms with Crippen molar-refractivity contribution in [1.82, 2.24) is 25.4 Å². The molecule has 3 rings (SSSR count). The number of amides is 1. The maximum atomic E-state index is 12.1. The summed E-state index contributed by atoms with van der Waals surface area (Å²) < 4.78 is 4.67. The zero-order valence-electron chi connectivity index (χ0n) is 12.3. The van der Waals surface area contributed by atoms with E-state index in [-0.39, 0.29) is 5.91 Å². The van der Waals surface area contributed by atoms with Crippen LogP contribution in [-0.4, -0.2) is 38.4 Å². The summed E-state index contributed by atoms with van der Waals surface area (Å²) in [6, 6.07) is 5.67. The molecule has 22 heavy (non-hydrogen) atoms. The van der Waals surface area contributed by atoms with E-state index < -0.39 is 0 Å². The Hall–Kier alpha value is -2.70. The molecule has 0 unspecified atom stereocenters. The van der Waals surface area contributed by atoms with E-state index in [4.69, 9.17) is 0 Å². The van der Waals surface area contributed by atoms with Gasteiger partial charge in [0.25, 0.3) is 0 Å². The summed E-state index contributed by atoms with van der Waals surface area (Å²) in [5.41, 5.74) is 3.56. The fraction of sp³-hybridized carbons (Fsp3) is 0.333. The Morgan fingerprint density at radius 3 is 2.95 bits per heavy atom. The van der Waals surface area contributed by atoms with Crippen molar-refractivity contribution < 1.29 is 9.42 Å². The quantitative estimate of drug-likeness (QED) is 0.751. The molecule has 0 aliphatic rings. The number of aromatic nitrogens is 4. The van der Waals surface area contributed by atoms with Gasteiger partial charge in [0.05, 0.1) is 6.20 Å². The van der Waals surface area contributed by atoms with E-state index in [0.717, 1.165) is 29.5 Å². The minimum Gasteiger partial charge on any atom is -0.341 e. The number of carbonyl (C=O) groups is 1. The molecule has 7 nitrogen and oxygen atoms in total. The van der Waals surface area contributed by atoms with Crippen LogP contribution in [0.1, 0.15) is 24.0 Å². The van der Waals surface area contributed by atoms with Crippen molar-refractivity contribution >= 4 is 16.9 Å². The fourth-order valence-electron chi connectivity index (χ4n) is 2.34. The number of hydrogen-bond donors (Lipinski definition) is 1. The molecular weight excluding hydrogens is 282 g/mol. The van der Waals surface area contributed by atoms with Gasteiger partial charge in [-0.15, -0.1) is 0 Å². The third-order valence-corrected chi connectivity index (χ3v) is 3.57. The Morgan fingerprint density at radius 2 is 2.14 bits per heavy atom. The van der Waals surface area contributed by atoms with E-state index in [1.54, 1.807) is 11.1 Å². The van der Waals surface area contributed by atoms with Gasteiger partial charge in [-0.1, -0.05) is 6.07 Å². The Balaban J connectivity index is 1.51. The molecule has 0 aliphatic heterocycles. The number of H-pyrrole nitrogens is 1. The molecule has 1 amide bonds. The number of aromatic amines is 1. The predicted molar refractivity (Wildman–Crippen MR) is 79.8 cm³/mol. The van der Waals surface area contributed by atoms with E-state index in [1.807, 2.05) is 31.4 Å². The summed E-state index contributed by atoms with van der Waals surface area (Å²) in [6.45, 7) is 0.549. The molecule has 0 aliphatic carbocycles. The predicted octanol–water partition coefficient (Wildman–Crippen LogP) is 1.93. The van der Waals surface area contributed by atoms with Gasteiger partial charge in [-0.2, -0.15) is 5.10 Å². The first-order chi connectivity index (χ1) is 10.7. The van der Waals surface area contributed by atoms with Crippen molar-refractivity contribution in [3.63, 3.8) is 0 Å². The number of rotatable bonds is 6. The first-order valence-electron chi connectivity index (χ1n) is 7.15. The van der Waals surface area contributed by atoms with Crippen LogP contribution in [0.25, 0.3) is 11.0 Å². The standard InChI is InChI=1S/C15H17N5O2/c1-20(15(21)4-2-3-12-8-16-17-9-12)10-11-5-6-13-14(7-11)19-22-18-13/h5-9H,2-4,10H2,1H3,(H,16,17). The van der Waals surface area contributed by atoms with Crippen LogP contribution >= 0.6 is 0 Å². The van der Waals surface area contributed by atoms with Crippen LogP contribution in [0.3, 0.4) is 0 Å². The summed E-state index contributed by atoms with van der Waals surface area (Å²) >= 11 is 0. The fourth-order valence-corrected chi connectivity index (χ4v) is 2.34. The number of carbonyl (C=O) groups excluding carboxylic acids is 1. The average molecular weight is 299 g/mol. The van der Waals surface area contributed by atoms with Gasteiger partial charge in [0, 0.05) is 26.2 Å². The summed E-state index contributed by atoms with van der Waals surface area (Å²) in [6.07, 6.45) is 5.84. The van der Waals surface area contributed by atoms with Crippen LogP contribution in [0.4, 0.5) is 0 Å². The lowest BCUT2D eigenvalue weighted by Gasteiger charge is -2.17. The third-order valence-electron chi connectivity index (χ3n) is 3.57. The van der Waals surface area contributed by atoms with E-state index >= 15 is 0 Å². The van der Waals surface area contributed by atoms with Gasteiger partial charge in [0.2, 0.25) is 5.91 Å². The average Bonchev–Trinajstić information content (AvgIpc) is 3.17. The topological polar surface area (TPSA) is 87.9 Å².